The molecule has 0 unspecified atom stereocenters. The Kier molecular flexibility index (Phi) is 3.66. The molecule has 2 aromatic rings. The number of aromatic nitrogens is 2. The van der Waals surface area contributed by atoms with Gasteiger partial charge < -0.3 is 10.6 Å². The Morgan fingerprint density at radius 3 is 2.62 bits per heavy atom. The number of hydrogen-bond donors (Lipinski definition) is 1. The largest absolute Gasteiger partial charge is 0.335 e. The van der Waals surface area contributed by atoms with Crippen LogP contribution < -0.4 is 5.73 Å². The van der Waals surface area contributed by atoms with Crippen LogP contribution in [0, 0.1) is 6.92 Å². The highest BCUT2D eigenvalue weighted by molar-refractivity contribution is 5.92. The van der Waals surface area contributed by atoms with Crippen molar-refractivity contribution in [3.63, 3.8) is 0 Å². The average molecular weight is 282 g/mol. The molecule has 3 rings (SSSR count). The van der Waals surface area contributed by atoms with Gasteiger partial charge in [-0.25, -0.2) is 4.98 Å². The predicted octanol–water partition coefficient (Wildman–Crippen LogP) is 1.35. The van der Waals surface area contributed by atoms with Crippen LogP contribution in [0.4, 0.5) is 0 Å². The van der Waals surface area contributed by atoms with E-state index in [0.29, 0.717) is 18.8 Å². The van der Waals surface area contributed by atoms with E-state index < -0.39 is 0 Å². The molecule has 5 nitrogen and oxygen atoms in total. The van der Waals surface area contributed by atoms with Crippen LogP contribution >= 0.6 is 0 Å². The molecule has 0 radical (unpaired) electrons. The van der Waals surface area contributed by atoms with Gasteiger partial charge in [0.05, 0.1) is 11.9 Å². The molecule has 0 saturated carbocycles. The SMILES string of the molecule is Cc1cnc(C(=O)N2C[C@@H](N)[C@H](c3ccccc3)C2)cn1. The van der Waals surface area contributed by atoms with E-state index in [-0.39, 0.29) is 17.9 Å². The lowest BCUT2D eigenvalue weighted by Crippen LogP contribution is -2.32. The quantitative estimate of drug-likeness (QED) is 0.902. The third kappa shape index (κ3) is 2.78. The van der Waals surface area contributed by atoms with E-state index in [4.69, 9.17) is 5.73 Å². The maximum Gasteiger partial charge on any atom is 0.274 e. The minimum Gasteiger partial charge on any atom is -0.335 e. The first kappa shape index (κ1) is 13.7. The molecule has 2 atom stereocenters. The number of amides is 1. The summed E-state index contributed by atoms with van der Waals surface area (Å²) in [6, 6.07) is 10.0. The van der Waals surface area contributed by atoms with Crippen molar-refractivity contribution in [2.75, 3.05) is 13.1 Å². The highest BCUT2D eigenvalue weighted by Crippen LogP contribution is 2.27. The van der Waals surface area contributed by atoms with Gasteiger partial charge in [-0.15, -0.1) is 0 Å². The van der Waals surface area contributed by atoms with Crippen LogP contribution in [0.5, 0.6) is 0 Å². The van der Waals surface area contributed by atoms with E-state index in [1.165, 1.54) is 11.8 Å². The van der Waals surface area contributed by atoms with Crippen molar-refractivity contribution in [1.82, 2.24) is 14.9 Å². The summed E-state index contributed by atoms with van der Waals surface area (Å²) >= 11 is 0. The number of carbonyl (C=O) groups excluding carboxylic acids is 1. The van der Waals surface area contributed by atoms with Crippen LogP contribution in [-0.2, 0) is 0 Å². The monoisotopic (exact) mass is 282 g/mol. The zero-order valence-corrected chi connectivity index (χ0v) is 11.9. The summed E-state index contributed by atoms with van der Waals surface area (Å²) in [5, 5.41) is 0. The minimum absolute atomic E-state index is 0.0465. The lowest BCUT2D eigenvalue weighted by molar-refractivity contribution is 0.0783. The van der Waals surface area contributed by atoms with Gasteiger partial charge in [-0.05, 0) is 12.5 Å². The second-order valence-electron chi connectivity index (χ2n) is 5.43. The first-order chi connectivity index (χ1) is 10.1. The second kappa shape index (κ2) is 5.61. The van der Waals surface area contributed by atoms with E-state index >= 15 is 0 Å². The van der Waals surface area contributed by atoms with Crippen molar-refractivity contribution in [2.45, 2.75) is 18.9 Å². The second-order valence-corrected chi connectivity index (χ2v) is 5.43. The number of rotatable bonds is 2. The minimum atomic E-state index is -0.101. The van der Waals surface area contributed by atoms with Gasteiger partial charge in [-0.3, -0.25) is 9.78 Å². The molecule has 1 fully saturated rings. The molecule has 2 N–H and O–H groups in total. The van der Waals surface area contributed by atoms with E-state index in [2.05, 4.69) is 22.1 Å². The summed E-state index contributed by atoms with van der Waals surface area (Å²) in [4.78, 5) is 22.5. The summed E-state index contributed by atoms with van der Waals surface area (Å²) in [7, 11) is 0. The fourth-order valence-electron chi connectivity index (χ4n) is 2.71. The Morgan fingerprint density at radius 2 is 1.95 bits per heavy atom. The zero-order valence-electron chi connectivity index (χ0n) is 11.9. The van der Waals surface area contributed by atoms with E-state index in [9.17, 15) is 4.79 Å². The lowest BCUT2D eigenvalue weighted by Gasteiger charge is -2.16. The van der Waals surface area contributed by atoms with E-state index in [1.807, 2.05) is 25.1 Å². The van der Waals surface area contributed by atoms with Crippen molar-refractivity contribution in [3.8, 4) is 0 Å². The first-order valence-electron chi connectivity index (χ1n) is 7.03. The molecular weight excluding hydrogens is 264 g/mol. The molecule has 108 valence electrons. The molecular formula is C16H18N4O. The van der Waals surface area contributed by atoms with Gasteiger partial charge in [-0.2, -0.15) is 0 Å². The van der Waals surface area contributed by atoms with Crippen LogP contribution in [-0.4, -0.2) is 39.9 Å². The van der Waals surface area contributed by atoms with Crippen molar-refractivity contribution in [3.05, 3.63) is 59.7 Å². The van der Waals surface area contributed by atoms with Gasteiger partial charge in [-0.1, -0.05) is 30.3 Å². The Bertz CT molecular complexity index is 626. The average Bonchev–Trinajstić information content (AvgIpc) is 2.90. The summed E-state index contributed by atoms with van der Waals surface area (Å²) in [6.07, 6.45) is 3.14. The highest BCUT2D eigenvalue weighted by Gasteiger charge is 2.34. The first-order valence-corrected chi connectivity index (χ1v) is 7.03. The topological polar surface area (TPSA) is 72.1 Å². The Labute approximate surface area is 123 Å². The summed E-state index contributed by atoms with van der Waals surface area (Å²) < 4.78 is 0. The van der Waals surface area contributed by atoms with Gasteiger partial charge in [0.2, 0.25) is 0 Å². The molecule has 5 heteroatoms. The Morgan fingerprint density at radius 1 is 1.19 bits per heavy atom. The molecule has 2 heterocycles. The molecule has 1 amide bonds. The maximum atomic E-state index is 12.4. The number of hydrogen-bond acceptors (Lipinski definition) is 4. The predicted molar refractivity (Wildman–Crippen MR) is 79.8 cm³/mol. The molecule has 0 bridgehead atoms. The lowest BCUT2D eigenvalue weighted by atomic mass is 9.95. The fraction of sp³-hybridized carbons (Fsp3) is 0.312. The summed E-state index contributed by atoms with van der Waals surface area (Å²) in [5.41, 5.74) is 8.56. The summed E-state index contributed by atoms with van der Waals surface area (Å²) in [6.45, 7) is 3.02. The summed E-state index contributed by atoms with van der Waals surface area (Å²) in [5.74, 6) is 0.0740. The third-order valence-corrected chi connectivity index (χ3v) is 3.88. The van der Waals surface area contributed by atoms with Crippen LogP contribution in [0.1, 0.15) is 27.7 Å². The molecule has 1 aromatic heterocycles. The van der Waals surface area contributed by atoms with Gasteiger partial charge in [0.15, 0.2) is 0 Å². The normalized spacial score (nSPS) is 21.5. The molecule has 0 spiro atoms. The molecule has 1 aliphatic heterocycles. The van der Waals surface area contributed by atoms with Crippen molar-refractivity contribution < 1.29 is 4.79 Å². The molecule has 21 heavy (non-hydrogen) atoms. The van der Waals surface area contributed by atoms with E-state index in [0.717, 1.165) is 5.69 Å². The Hall–Kier alpha value is -2.27. The van der Waals surface area contributed by atoms with Gasteiger partial charge in [0, 0.05) is 31.2 Å². The number of likely N-dealkylation sites (tertiary alicyclic amines) is 1. The van der Waals surface area contributed by atoms with Crippen molar-refractivity contribution >= 4 is 5.91 Å². The third-order valence-electron chi connectivity index (χ3n) is 3.88. The number of carbonyl (C=O) groups is 1. The fourth-order valence-corrected chi connectivity index (χ4v) is 2.71. The molecule has 1 saturated heterocycles. The van der Waals surface area contributed by atoms with E-state index in [1.54, 1.807) is 11.1 Å². The molecule has 1 aliphatic rings. The molecule has 1 aromatic carbocycles. The van der Waals surface area contributed by atoms with Crippen LogP contribution in [0.25, 0.3) is 0 Å². The van der Waals surface area contributed by atoms with Gasteiger partial charge >= 0.3 is 0 Å². The van der Waals surface area contributed by atoms with Crippen LogP contribution in [0.15, 0.2) is 42.7 Å². The standard InChI is InChI=1S/C16H18N4O/c1-11-7-19-15(8-18-11)16(21)20-9-13(14(17)10-20)12-5-3-2-4-6-12/h2-8,13-14H,9-10,17H2,1H3/t13-,14+/m0/s1. The maximum absolute atomic E-state index is 12.4. The van der Waals surface area contributed by atoms with Crippen LogP contribution in [0.3, 0.4) is 0 Å². The molecule has 0 aliphatic carbocycles. The number of nitrogens with two attached hydrogens (primary N) is 1. The van der Waals surface area contributed by atoms with Crippen molar-refractivity contribution in [2.24, 2.45) is 5.73 Å². The highest BCUT2D eigenvalue weighted by atomic mass is 16.2. The van der Waals surface area contributed by atoms with Gasteiger partial charge in [0.25, 0.3) is 5.91 Å². The van der Waals surface area contributed by atoms with Gasteiger partial charge in [0.1, 0.15) is 5.69 Å². The zero-order chi connectivity index (χ0) is 14.8. The van der Waals surface area contributed by atoms with Crippen LogP contribution in [0.2, 0.25) is 0 Å². The number of nitrogens with zero attached hydrogens (tertiary/aromatic N) is 3. The number of benzene rings is 1. The Balaban J connectivity index is 1.76. The smallest absolute Gasteiger partial charge is 0.274 e. The number of aryl methyl sites for hydroxylation is 1. The van der Waals surface area contributed by atoms with Crippen molar-refractivity contribution in [1.29, 1.82) is 0 Å².